The van der Waals surface area contributed by atoms with E-state index in [2.05, 4.69) is 11.9 Å². The Hall–Kier alpha value is -1.64. The minimum Gasteiger partial charge on any atom is -0.497 e. The molecule has 0 aliphatic rings. The molecule has 0 amide bonds. The van der Waals surface area contributed by atoms with Crippen molar-refractivity contribution in [3.05, 3.63) is 30.9 Å². The number of benzene rings is 1. The number of nitrogen functional groups attached to an aromatic ring is 1. The van der Waals surface area contributed by atoms with Crippen LogP contribution in [-0.2, 0) is 0 Å². The molecule has 0 aromatic heterocycles. The van der Waals surface area contributed by atoms with E-state index in [9.17, 15) is 0 Å². The summed E-state index contributed by atoms with van der Waals surface area (Å²) in [6, 6.07) is 5.59. The average Bonchev–Trinajstić information content (AvgIpc) is 2.17. The SMILES string of the molecule is C=CCCNc1cc(N)cc(OC)c1. The Labute approximate surface area is 84.6 Å². The van der Waals surface area contributed by atoms with E-state index >= 15 is 0 Å². The third-order valence-corrected chi connectivity index (χ3v) is 1.84. The predicted molar refractivity (Wildman–Crippen MR) is 60.7 cm³/mol. The van der Waals surface area contributed by atoms with Crippen LogP contribution in [0.1, 0.15) is 6.42 Å². The molecule has 0 saturated heterocycles. The molecule has 3 heteroatoms. The number of hydrogen-bond donors (Lipinski definition) is 2. The molecule has 0 spiro atoms. The van der Waals surface area contributed by atoms with E-state index in [0.29, 0.717) is 5.69 Å². The second-order valence-corrected chi connectivity index (χ2v) is 3.00. The van der Waals surface area contributed by atoms with E-state index < -0.39 is 0 Å². The van der Waals surface area contributed by atoms with Gasteiger partial charge in [-0.05, 0) is 12.5 Å². The molecule has 0 aliphatic heterocycles. The highest BCUT2D eigenvalue weighted by Crippen LogP contribution is 2.21. The van der Waals surface area contributed by atoms with Crippen LogP contribution in [0.5, 0.6) is 5.75 Å². The first-order valence-electron chi connectivity index (χ1n) is 4.55. The zero-order chi connectivity index (χ0) is 10.4. The van der Waals surface area contributed by atoms with Crippen LogP contribution in [0.2, 0.25) is 0 Å². The molecule has 1 rings (SSSR count). The van der Waals surface area contributed by atoms with Crippen LogP contribution < -0.4 is 15.8 Å². The zero-order valence-corrected chi connectivity index (χ0v) is 8.42. The van der Waals surface area contributed by atoms with Gasteiger partial charge in [-0.3, -0.25) is 0 Å². The summed E-state index contributed by atoms with van der Waals surface area (Å²) in [6.07, 6.45) is 2.80. The van der Waals surface area contributed by atoms with Gasteiger partial charge in [-0.1, -0.05) is 6.08 Å². The fourth-order valence-corrected chi connectivity index (χ4v) is 1.16. The lowest BCUT2D eigenvalue weighted by Gasteiger charge is -2.08. The summed E-state index contributed by atoms with van der Waals surface area (Å²) in [5.74, 6) is 0.770. The zero-order valence-electron chi connectivity index (χ0n) is 8.42. The number of ether oxygens (including phenoxy) is 1. The molecule has 0 unspecified atom stereocenters. The maximum absolute atomic E-state index is 5.70. The quantitative estimate of drug-likeness (QED) is 0.427. The number of nitrogens with two attached hydrogens (primary N) is 1. The third-order valence-electron chi connectivity index (χ3n) is 1.84. The summed E-state index contributed by atoms with van der Waals surface area (Å²) in [7, 11) is 1.63. The van der Waals surface area contributed by atoms with Crippen molar-refractivity contribution in [1.82, 2.24) is 0 Å². The highest BCUT2D eigenvalue weighted by atomic mass is 16.5. The van der Waals surface area contributed by atoms with Crippen LogP contribution in [0, 0.1) is 0 Å². The van der Waals surface area contributed by atoms with E-state index in [1.807, 2.05) is 18.2 Å². The number of rotatable bonds is 5. The van der Waals surface area contributed by atoms with Crippen LogP contribution in [0.15, 0.2) is 30.9 Å². The molecule has 1 aromatic carbocycles. The summed E-state index contributed by atoms with van der Waals surface area (Å²) in [4.78, 5) is 0. The Morgan fingerprint density at radius 2 is 2.29 bits per heavy atom. The van der Waals surface area contributed by atoms with Gasteiger partial charge < -0.3 is 15.8 Å². The Balaban J connectivity index is 2.66. The summed E-state index contributed by atoms with van der Waals surface area (Å²) in [5.41, 5.74) is 7.37. The Bertz CT molecular complexity index is 310. The van der Waals surface area contributed by atoms with E-state index in [1.54, 1.807) is 13.2 Å². The summed E-state index contributed by atoms with van der Waals surface area (Å²) < 4.78 is 5.10. The lowest BCUT2D eigenvalue weighted by atomic mass is 10.2. The van der Waals surface area contributed by atoms with Gasteiger partial charge in [-0.15, -0.1) is 6.58 Å². The van der Waals surface area contributed by atoms with Crippen molar-refractivity contribution in [2.24, 2.45) is 0 Å². The van der Waals surface area contributed by atoms with Crippen LogP contribution in [0.4, 0.5) is 11.4 Å². The fourth-order valence-electron chi connectivity index (χ4n) is 1.16. The van der Waals surface area contributed by atoms with Gasteiger partial charge in [0.25, 0.3) is 0 Å². The number of nitrogens with one attached hydrogen (secondary N) is 1. The van der Waals surface area contributed by atoms with Crippen molar-refractivity contribution in [1.29, 1.82) is 0 Å². The summed E-state index contributed by atoms with van der Waals surface area (Å²) in [6.45, 7) is 4.51. The van der Waals surface area contributed by atoms with Gasteiger partial charge >= 0.3 is 0 Å². The lowest BCUT2D eigenvalue weighted by molar-refractivity contribution is 0.415. The topological polar surface area (TPSA) is 47.3 Å². The van der Waals surface area contributed by atoms with Gasteiger partial charge in [0.1, 0.15) is 5.75 Å². The molecule has 0 aliphatic carbocycles. The molecule has 76 valence electrons. The monoisotopic (exact) mass is 192 g/mol. The van der Waals surface area contributed by atoms with Crippen molar-refractivity contribution in [3.8, 4) is 5.75 Å². The fraction of sp³-hybridized carbons (Fsp3) is 0.273. The molecule has 3 N–H and O–H groups in total. The smallest absolute Gasteiger partial charge is 0.122 e. The second kappa shape index (κ2) is 5.17. The minimum absolute atomic E-state index is 0.699. The van der Waals surface area contributed by atoms with Gasteiger partial charge in [0, 0.05) is 30.1 Å². The van der Waals surface area contributed by atoms with Gasteiger partial charge in [-0.25, -0.2) is 0 Å². The lowest BCUT2D eigenvalue weighted by Crippen LogP contribution is -2.01. The molecule has 14 heavy (non-hydrogen) atoms. The Morgan fingerprint density at radius 3 is 2.93 bits per heavy atom. The molecule has 1 aromatic rings. The maximum atomic E-state index is 5.70. The molecule has 3 nitrogen and oxygen atoms in total. The second-order valence-electron chi connectivity index (χ2n) is 3.00. The van der Waals surface area contributed by atoms with E-state index in [0.717, 1.165) is 24.4 Å². The van der Waals surface area contributed by atoms with Gasteiger partial charge in [0.15, 0.2) is 0 Å². The number of methoxy groups -OCH3 is 1. The van der Waals surface area contributed by atoms with Crippen LogP contribution in [0.25, 0.3) is 0 Å². The molecule has 0 fully saturated rings. The van der Waals surface area contributed by atoms with Crippen LogP contribution in [-0.4, -0.2) is 13.7 Å². The molecular formula is C11H16N2O. The van der Waals surface area contributed by atoms with Crippen molar-refractivity contribution in [3.63, 3.8) is 0 Å². The molecule has 0 atom stereocenters. The highest BCUT2D eigenvalue weighted by molar-refractivity contribution is 5.59. The average molecular weight is 192 g/mol. The molecule has 0 saturated carbocycles. The maximum Gasteiger partial charge on any atom is 0.122 e. The number of hydrogen-bond acceptors (Lipinski definition) is 3. The van der Waals surface area contributed by atoms with E-state index in [-0.39, 0.29) is 0 Å². The van der Waals surface area contributed by atoms with Crippen molar-refractivity contribution in [2.45, 2.75) is 6.42 Å². The molecule has 0 heterocycles. The largest absolute Gasteiger partial charge is 0.497 e. The number of anilines is 2. The van der Waals surface area contributed by atoms with Crippen molar-refractivity contribution < 1.29 is 4.74 Å². The third kappa shape index (κ3) is 3.01. The predicted octanol–water partition coefficient (Wildman–Crippen LogP) is 2.27. The molecule has 0 radical (unpaired) electrons. The Kier molecular flexibility index (Phi) is 3.85. The van der Waals surface area contributed by atoms with Crippen molar-refractivity contribution in [2.75, 3.05) is 24.7 Å². The first-order valence-corrected chi connectivity index (χ1v) is 4.55. The normalized spacial score (nSPS) is 9.50. The molecule has 0 bridgehead atoms. The van der Waals surface area contributed by atoms with E-state index in [4.69, 9.17) is 10.5 Å². The first-order chi connectivity index (χ1) is 6.76. The van der Waals surface area contributed by atoms with Gasteiger partial charge in [-0.2, -0.15) is 0 Å². The first kappa shape index (κ1) is 10.4. The highest BCUT2D eigenvalue weighted by Gasteiger charge is 1.97. The van der Waals surface area contributed by atoms with Crippen LogP contribution in [0.3, 0.4) is 0 Å². The standard InChI is InChI=1S/C11H16N2O/c1-3-4-5-13-10-6-9(12)7-11(8-10)14-2/h3,6-8,13H,1,4-5,12H2,2H3. The van der Waals surface area contributed by atoms with Crippen molar-refractivity contribution >= 4 is 11.4 Å². The summed E-state index contributed by atoms with van der Waals surface area (Å²) in [5, 5.41) is 3.23. The van der Waals surface area contributed by atoms with E-state index in [1.165, 1.54) is 0 Å². The summed E-state index contributed by atoms with van der Waals surface area (Å²) >= 11 is 0. The Morgan fingerprint density at radius 1 is 1.50 bits per heavy atom. The van der Waals surface area contributed by atoms with Gasteiger partial charge in [0.05, 0.1) is 7.11 Å². The molecular weight excluding hydrogens is 176 g/mol. The minimum atomic E-state index is 0.699. The van der Waals surface area contributed by atoms with Crippen LogP contribution >= 0.6 is 0 Å². The van der Waals surface area contributed by atoms with Gasteiger partial charge in [0.2, 0.25) is 0 Å².